The number of hydrogen-bond donors (Lipinski definition) is 1. The lowest BCUT2D eigenvalue weighted by Gasteiger charge is -2.24. The van der Waals surface area contributed by atoms with E-state index in [0.717, 1.165) is 32.4 Å². The van der Waals surface area contributed by atoms with E-state index in [4.69, 9.17) is 0 Å². The van der Waals surface area contributed by atoms with Gasteiger partial charge in [0.2, 0.25) is 11.8 Å². The Balaban J connectivity index is 1.67. The number of fused-ring (bicyclic) bond motifs is 1. The summed E-state index contributed by atoms with van der Waals surface area (Å²) in [6.07, 6.45) is 4.23. The number of Topliss-reactive ketones (excluding diaryl/α,β-unsaturated/α-hetero) is 1. The fourth-order valence-corrected chi connectivity index (χ4v) is 4.34. The zero-order chi connectivity index (χ0) is 18.0. The molecule has 0 saturated carbocycles. The summed E-state index contributed by atoms with van der Waals surface area (Å²) in [5, 5.41) is 3.28. The molecule has 2 atom stereocenters. The molecule has 25 heavy (non-hydrogen) atoms. The van der Waals surface area contributed by atoms with Crippen molar-refractivity contribution in [2.75, 3.05) is 18.4 Å². The van der Waals surface area contributed by atoms with E-state index in [1.807, 2.05) is 11.8 Å². The molecular formula is C18H25N3O3S. The molecule has 0 unspecified atom stereocenters. The van der Waals surface area contributed by atoms with E-state index in [1.165, 1.54) is 11.3 Å². The minimum Gasteiger partial charge on any atom is -0.342 e. The summed E-state index contributed by atoms with van der Waals surface area (Å²) in [4.78, 5) is 43.9. The van der Waals surface area contributed by atoms with E-state index >= 15 is 0 Å². The molecular weight excluding hydrogens is 338 g/mol. The quantitative estimate of drug-likeness (QED) is 0.872. The summed E-state index contributed by atoms with van der Waals surface area (Å²) < 4.78 is 0. The molecule has 1 fully saturated rings. The zero-order valence-electron chi connectivity index (χ0n) is 14.8. The van der Waals surface area contributed by atoms with Gasteiger partial charge in [-0.2, -0.15) is 0 Å². The molecule has 1 aliphatic heterocycles. The normalized spacial score (nSPS) is 21.1. The highest BCUT2D eigenvalue weighted by molar-refractivity contribution is 7.17. The minimum absolute atomic E-state index is 0.0290. The van der Waals surface area contributed by atoms with Crippen molar-refractivity contribution in [3.05, 3.63) is 10.6 Å². The van der Waals surface area contributed by atoms with Crippen molar-refractivity contribution in [3.63, 3.8) is 0 Å². The molecule has 1 saturated heterocycles. The maximum atomic E-state index is 12.6. The lowest BCUT2D eigenvalue weighted by molar-refractivity contribution is -0.134. The number of anilines is 1. The molecule has 2 aliphatic rings. The molecule has 2 amide bonds. The number of thiazole rings is 1. The molecule has 6 nitrogen and oxygen atoms in total. The lowest BCUT2D eigenvalue weighted by Crippen LogP contribution is -2.37. The fraction of sp³-hybridized carbons (Fsp3) is 0.667. The Kier molecular flexibility index (Phi) is 5.51. The highest BCUT2D eigenvalue weighted by Crippen LogP contribution is 2.33. The first kappa shape index (κ1) is 18.0. The molecule has 2 heterocycles. The number of rotatable bonds is 5. The van der Waals surface area contributed by atoms with Crippen LogP contribution in [-0.2, 0) is 16.0 Å². The Morgan fingerprint density at radius 3 is 2.72 bits per heavy atom. The van der Waals surface area contributed by atoms with Gasteiger partial charge in [0.25, 0.3) is 0 Å². The van der Waals surface area contributed by atoms with Crippen LogP contribution in [0.1, 0.15) is 61.3 Å². The first-order chi connectivity index (χ1) is 12.0. The number of aromatic nitrogens is 1. The maximum absolute atomic E-state index is 12.6. The summed E-state index contributed by atoms with van der Waals surface area (Å²) in [7, 11) is 0. The van der Waals surface area contributed by atoms with Crippen molar-refractivity contribution in [1.29, 1.82) is 0 Å². The predicted molar refractivity (Wildman–Crippen MR) is 96.8 cm³/mol. The van der Waals surface area contributed by atoms with Gasteiger partial charge in [0, 0.05) is 32.4 Å². The van der Waals surface area contributed by atoms with Gasteiger partial charge in [0.15, 0.2) is 10.9 Å². The summed E-state index contributed by atoms with van der Waals surface area (Å²) in [6.45, 7) is 5.68. The third kappa shape index (κ3) is 4.08. The van der Waals surface area contributed by atoms with Crippen LogP contribution in [0.15, 0.2) is 0 Å². The Morgan fingerprint density at radius 2 is 2.04 bits per heavy atom. The SMILES string of the molecule is CC[C@@H](C)CC(=O)Nc1nc2c(s1)C(=O)C[C@@H](C(=O)N1CCCC1)C2. The van der Waals surface area contributed by atoms with Gasteiger partial charge in [-0.05, 0) is 18.8 Å². The van der Waals surface area contributed by atoms with Crippen molar-refractivity contribution in [2.45, 2.75) is 52.4 Å². The third-order valence-electron chi connectivity index (χ3n) is 5.07. The van der Waals surface area contributed by atoms with E-state index in [1.54, 1.807) is 0 Å². The number of nitrogens with one attached hydrogen (secondary N) is 1. The van der Waals surface area contributed by atoms with Crippen LogP contribution >= 0.6 is 11.3 Å². The maximum Gasteiger partial charge on any atom is 0.226 e. The van der Waals surface area contributed by atoms with E-state index in [9.17, 15) is 14.4 Å². The summed E-state index contributed by atoms with van der Waals surface area (Å²) in [5.41, 5.74) is 0.664. The topological polar surface area (TPSA) is 79.4 Å². The van der Waals surface area contributed by atoms with Crippen molar-refractivity contribution < 1.29 is 14.4 Å². The van der Waals surface area contributed by atoms with Crippen LogP contribution in [0.4, 0.5) is 5.13 Å². The van der Waals surface area contributed by atoms with Crippen LogP contribution in [0.3, 0.4) is 0 Å². The van der Waals surface area contributed by atoms with Gasteiger partial charge in [0.1, 0.15) is 0 Å². The Hall–Kier alpha value is -1.76. The second-order valence-corrected chi connectivity index (χ2v) is 8.12. The molecule has 136 valence electrons. The molecule has 0 bridgehead atoms. The van der Waals surface area contributed by atoms with Gasteiger partial charge in [-0.3, -0.25) is 14.4 Å². The summed E-state index contributed by atoms with van der Waals surface area (Å²) >= 11 is 1.23. The average Bonchev–Trinajstić information content (AvgIpc) is 3.23. The minimum atomic E-state index is -0.302. The number of hydrogen-bond acceptors (Lipinski definition) is 5. The zero-order valence-corrected chi connectivity index (χ0v) is 15.7. The van der Waals surface area contributed by atoms with Gasteiger partial charge >= 0.3 is 0 Å². The molecule has 0 radical (unpaired) electrons. The van der Waals surface area contributed by atoms with Crippen LogP contribution in [0.2, 0.25) is 0 Å². The van der Waals surface area contributed by atoms with Gasteiger partial charge in [0.05, 0.1) is 16.5 Å². The van der Waals surface area contributed by atoms with Crippen LogP contribution < -0.4 is 5.32 Å². The lowest BCUT2D eigenvalue weighted by atomic mass is 9.89. The summed E-state index contributed by atoms with van der Waals surface area (Å²) in [6, 6.07) is 0. The Bertz CT molecular complexity index is 679. The summed E-state index contributed by atoms with van der Waals surface area (Å²) in [5.74, 6) is -0.00860. The highest BCUT2D eigenvalue weighted by Gasteiger charge is 2.35. The van der Waals surface area contributed by atoms with Gasteiger partial charge in [-0.15, -0.1) is 0 Å². The second kappa shape index (κ2) is 7.64. The second-order valence-electron chi connectivity index (χ2n) is 7.12. The number of carbonyl (C=O) groups excluding carboxylic acids is 3. The van der Waals surface area contributed by atoms with Gasteiger partial charge in [-0.25, -0.2) is 4.98 Å². The van der Waals surface area contributed by atoms with Gasteiger partial charge < -0.3 is 10.2 Å². The average molecular weight is 363 g/mol. The fourth-order valence-electron chi connectivity index (χ4n) is 3.38. The molecule has 0 aromatic carbocycles. The highest BCUT2D eigenvalue weighted by atomic mass is 32.1. The molecule has 0 spiro atoms. The Labute approximate surface area is 152 Å². The molecule has 1 aromatic rings. The van der Waals surface area contributed by atoms with E-state index in [2.05, 4.69) is 17.2 Å². The number of nitrogens with zero attached hydrogens (tertiary/aromatic N) is 2. The van der Waals surface area contributed by atoms with Crippen LogP contribution in [0, 0.1) is 11.8 Å². The molecule has 3 rings (SSSR count). The molecule has 1 aromatic heterocycles. The van der Waals surface area contributed by atoms with E-state index < -0.39 is 0 Å². The smallest absolute Gasteiger partial charge is 0.226 e. The largest absolute Gasteiger partial charge is 0.342 e. The van der Waals surface area contributed by atoms with E-state index in [0.29, 0.717) is 34.5 Å². The van der Waals surface area contributed by atoms with Gasteiger partial charge in [-0.1, -0.05) is 31.6 Å². The molecule has 1 N–H and O–H groups in total. The monoisotopic (exact) mass is 363 g/mol. The number of ketones is 1. The number of likely N-dealkylation sites (tertiary alicyclic amines) is 1. The van der Waals surface area contributed by atoms with Crippen molar-refractivity contribution >= 4 is 34.1 Å². The molecule has 1 aliphatic carbocycles. The Morgan fingerprint density at radius 1 is 1.32 bits per heavy atom. The van der Waals surface area contributed by atoms with Crippen molar-refractivity contribution in [3.8, 4) is 0 Å². The van der Waals surface area contributed by atoms with E-state index in [-0.39, 0.29) is 29.9 Å². The first-order valence-electron chi connectivity index (χ1n) is 9.09. The standard InChI is InChI=1S/C18H25N3O3S/c1-3-11(2)8-15(23)20-18-19-13-9-12(10-14(22)16(13)25-18)17(24)21-6-4-5-7-21/h11-12H,3-10H2,1-2H3,(H,19,20,23)/t11-,12+/m1/s1. The number of carbonyl (C=O) groups is 3. The third-order valence-corrected chi connectivity index (χ3v) is 6.12. The number of amides is 2. The predicted octanol–water partition coefficient (Wildman–Crippen LogP) is 2.89. The molecule has 7 heteroatoms. The van der Waals surface area contributed by atoms with Crippen molar-refractivity contribution in [1.82, 2.24) is 9.88 Å². The van der Waals surface area contributed by atoms with Crippen LogP contribution in [-0.4, -0.2) is 40.6 Å². The van der Waals surface area contributed by atoms with Crippen LogP contribution in [0.5, 0.6) is 0 Å². The van der Waals surface area contributed by atoms with Crippen LogP contribution in [0.25, 0.3) is 0 Å². The first-order valence-corrected chi connectivity index (χ1v) is 9.91. The van der Waals surface area contributed by atoms with Crippen molar-refractivity contribution in [2.24, 2.45) is 11.8 Å².